The summed E-state index contributed by atoms with van der Waals surface area (Å²) < 4.78 is 0. The molecule has 3 rings (SSSR count). The van der Waals surface area contributed by atoms with Crippen molar-refractivity contribution in [3.63, 3.8) is 0 Å². The number of rotatable bonds is 4. The lowest BCUT2D eigenvalue weighted by Gasteiger charge is -2.34. The van der Waals surface area contributed by atoms with Gasteiger partial charge in [0.05, 0.1) is 11.3 Å². The second-order valence-electron chi connectivity index (χ2n) is 6.20. The van der Waals surface area contributed by atoms with Crippen LogP contribution >= 0.6 is 0 Å². The van der Waals surface area contributed by atoms with Gasteiger partial charge in [-0.25, -0.2) is 4.79 Å². The Bertz CT molecular complexity index is 677. The van der Waals surface area contributed by atoms with Crippen LogP contribution in [0.3, 0.4) is 0 Å². The third kappa shape index (κ3) is 3.65. The van der Waals surface area contributed by atoms with Gasteiger partial charge in [-0.15, -0.1) is 0 Å². The number of carboxylic acid groups (broad SMARTS) is 1. The van der Waals surface area contributed by atoms with Gasteiger partial charge in [0.15, 0.2) is 0 Å². The molecule has 0 spiro atoms. The number of nitrogens with zero attached hydrogens (tertiary/aromatic N) is 1. The largest absolute Gasteiger partial charge is 0.478 e. The smallest absolute Gasteiger partial charge is 0.337 e. The number of benzene rings is 2. The summed E-state index contributed by atoms with van der Waals surface area (Å²) >= 11 is 0. The molecule has 4 heteroatoms. The molecule has 1 aliphatic rings. The van der Waals surface area contributed by atoms with Crippen molar-refractivity contribution in [2.24, 2.45) is 5.92 Å². The van der Waals surface area contributed by atoms with Gasteiger partial charge in [-0.3, -0.25) is 0 Å². The van der Waals surface area contributed by atoms with E-state index in [2.05, 4.69) is 29.2 Å². The highest BCUT2D eigenvalue weighted by Gasteiger charge is 2.23. The van der Waals surface area contributed by atoms with Crippen LogP contribution in [0.5, 0.6) is 0 Å². The minimum Gasteiger partial charge on any atom is -0.478 e. The Balaban J connectivity index is 1.66. The predicted molar refractivity (Wildman–Crippen MR) is 92.9 cm³/mol. The minimum absolute atomic E-state index is 0.298. The first-order valence-electron chi connectivity index (χ1n) is 8.05. The Morgan fingerprint density at radius 1 is 1.13 bits per heavy atom. The summed E-state index contributed by atoms with van der Waals surface area (Å²) in [7, 11) is 0. The van der Waals surface area contributed by atoms with Crippen LogP contribution in [0.1, 0.15) is 28.8 Å². The Morgan fingerprint density at radius 2 is 1.83 bits per heavy atom. The van der Waals surface area contributed by atoms with Crippen LogP contribution < -0.4 is 10.6 Å². The second kappa shape index (κ2) is 6.73. The van der Waals surface area contributed by atoms with E-state index >= 15 is 0 Å². The van der Waals surface area contributed by atoms with Crippen molar-refractivity contribution in [1.29, 1.82) is 0 Å². The van der Waals surface area contributed by atoms with E-state index < -0.39 is 5.97 Å². The normalized spacial score (nSPS) is 15.6. The van der Waals surface area contributed by atoms with Crippen LogP contribution in [0.2, 0.25) is 0 Å². The molecule has 0 aromatic heterocycles. The van der Waals surface area contributed by atoms with Crippen LogP contribution in [-0.2, 0) is 6.42 Å². The zero-order chi connectivity index (χ0) is 16.2. The molecular weight excluding hydrogens is 288 g/mol. The maximum atomic E-state index is 11.4. The fourth-order valence-electron chi connectivity index (χ4n) is 3.33. The van der Waals surface area contributed by atoms with Crippen LogP contribution in [-0.4, -0.2) is 24.2 Å². The van der Waals surface area contributed by atoms with Gasteiger partial charge >= 0.3 is 5.97 Å². The summed E-state index contributed by atoms with van der Waals surface area (Å²) in [5.74, 6) is -0.255. The van der Waals surface area contributed by atoms with E-state index in [1.54, 1.807) is 12.1 Å². The van der Waals surface area contributed by atoms with E-state index in [1.807, 2.05) is 12.1 Å². The summed E-state index contributed by atoms with van der Waals surface area (Å²) in [4.78, 5) is 13.6. The highest BCUT2D eigenvalue weighted by atomic mass is 16.4. The number of anilines is 2. The first kappa shape index (κ1) is 15.4. The highest BCUT2D eigenvalue weighted by Crippen LogP contribution is 2.29. The van der Waals surface area contributed by atoms with Gasteiger partial charge in [0.25, 0.3) is 0 Å². The van der Waals surface area contributed by atoms with Crippen LogP contribution in [0.4, 0.5) is 11.4 Å². The van der Waals surface area contributed by atoms with Gasteiger partial charge < -0.3 is 15.7 Å². The van der Waals surface area contributed by atoms with Gasteiger partial charge in [-0.2, -0.15) is 0 Å². The fraction of sp³-hybridized carbons (Fsp3) is 0.316. The van der Waals surface area contributed by atoms with E-state index in [9.17, 15) is 9.90 Å². The molecule has 1 fully saturated rings. The van der Waals surface area contributed by atoms with Crippen LogP contribution in [0.15, 0.2) is 48.5 Å². The lowest BCUT2D eigenvalue weighted by Crippen LogP contribution is -2.35. The van der Waals surface area contributed by atoms with E-state index in [0.717, 1.165) is 38.0 Å². The molecule has 120 valence electrons. The number of nitrogens with two attached hydrogens (primary N) is 1. The molecule has 0 bridgehead atoms. The molecule has 0 aliphatic carbocycles. The summed E-state index contributed by atoms with van der Waals surface area (Å²) in [6, 6.07) is 15.7. The Morgan fingerprint density at radius 3 is 2.48 bits per heavy atom. The lowest BCUT2D eigenvalue weighted by atomic mass is 9.90. The van der Waals surface area contributed by atoms with Gasteiger partial charge in [-0.05, 0) is 48.9 Å². The maximum absolute atomic E-state index is 11.4. The zero-order valence-electron chi connectivity index (χ0n) is 13.1. The van der Waals surface area contributed by atoms with E-state index in [1.165, 1.54) is 5.56 Å². The van der Waals surface area contributed by atoms with Crippen molar-refractivity contribution < 1.29 is 9.90 Å². The lowest BCUT2D eigenvalue weighted by molar-refractivity contribution is 0.0697. The third-order valence-electron chi connectivity index (χ3n) is 4.57. The first-order chi connectivity index (χ1) is 11.1. The highest BCUT2D eigenvalue weighted by molar-refractivity contribution is 5.95. The number of hydrogen-bond acceptors (Lipinski definition) is 3. The number of carboxylic acids is 1. The topological polar surface area (TPSA) is 66.6 Å². The SMILES string of the molecule is Nc1ccc(N2CCC(Cc3ccccc3)CC2)c(C(=O)O)c1. The Hall–Kier alpha value is -2.49. The van der Waals surface area contributed by atoms with Crippen molar-refractivity contribution in [3.8, 4) is 0 Å². The molecule has 0 saturated carbocycles. The van der Waals surface area contributed by atoms with Gasteiger partial charge in [0.1, 0.15) is 0 Å². The number of aromatic carboxylic acids is 1. The van der Waals surface area contributed by atoms with E-state index in [4.69, 9.17) is 5.73 Å². The Kier molecular flexibility index (Phi) is 4.51. The molecule has 1 saturated heterocycles. The Labute approximate surface area is 136 Å². The molecule has 0 radical (unpaired) electrons. The van der Waals surface area contributed by atoms with E-state index in [-0.39, 0.29) is 0 Å². The zero-order valence-corrected chi connectivity index (χ0v) is 13.1. The van der Waals surface area contributed by atoms with Crippen LogP contribution in [0.25, 0.3) is 0 Å². The van der Waals surface area contributed by atoms with Crippen molar-refractivity contribution >= 4 is 17.3 Å². The summed E-state index contributed by atoms with van der Waals surface area (Å²) in [6.07, 6.45) is 3.26. The standard InChI is InChI=1S/C19H22N2O2/c20-16-6-7-18(17(13-16)19(22)23)21-10-8-15(9-11-21)12-14-4-2-1-3-5-14/h1-7,13,15H,8-12,20H2,(H,22,23). The molecule has 23 heavy (non-hydrogen) atoms. The summed E-state index contributed by atoms with van der Waals surface area (Å²) in [6.45, 7) is 1.78. The minimum atomic E-state index is -0.918. The second-order valence-corrected chi connectivity index (χ2v) is 6.20. The van der Waals surface area contributed by atoms with Crippen LogP contribution in [0, 0.1) is 5.92 Å². The molecule has 1 heterocycles. The number of nitrogen functional groups attached to an aromatic ring is 1. The summed E-state index contributed by atoms with van der Waals surface area (Å²) in [5.41, 5.74) is 8.67. The molecule has 2 aromatic carbocycles. The average molecular weight is 310 g/mol. The molecule has 2 aromatic rings. The summed E-state index contributed by atoms with van der Waals surface area (Å²) in [5, 5.41) is 9.39. The third-order valence-corrected chi connectivity index (χ3v) is 4.57. The molecule has 4 nitrogen and oxygen atoms in total. The van der Waals surface area contributed by atoms with Gasteiger partial charge in [0.2, 0.25) is 0 Å². The van der Waals surface area contributed by atoms with Crippen molar-refractivity contribution in [2.75, 3.05) is 23.7 Å². The fourth-order valence-corrected chi connectivity index (χ4v) is 3.33. The number of piperidine rings is 1. The first-order valence-corrected chi connectivity index (χ1v) is 8.05. The molecule has 0 atom stereocenters. The quantitative estimate of drug-likeness (QED) is 0.849. The van der Waals surface area contributed by atoms with E-state index in [0.29, 0.717) is 17.2 Å². The molecular formula is C19H22N2O2. The molecule has 0 unspecified atom stereocenters. The van der Waals surface area contributed by atoms with Gasteiger partial charge in [-0.1, -0.05) is 30.3 Å². The average Bonchev–Trinajstić information content (AvgIpc) is 2.56. The van der Waals surface area contributed by atoms with Gasteiger partial charge in [0, 0.05) is 18.8 Å². The number of carbonyl (C=O) groups is 1. The maximum Gasteiger partial charge on any atom is 0.337 e. The van der Waals surface area contributed by atoms with Crippen molar-refractivity contribution in [3.05, 3.63) is 59.7 Å². The van der Waals surface area contributed by atoms with Crippen molar-refractivity contribution in [1.82, 2.24) is 0 Å². The molecule has 1 aliphatic heterocycles. The van der Waals surface area contributed by atoms with Crippen molar-refractivity contribution in [2.45, 2.75) is 19.3 Å². The monoisotopic (exact) mass is 310 g/mol. The molecule has 3 N–H and O–H groups in total. The number of hydrogen-bond donors (Lipinski definition) is 2. The molecule has 0 amide bonds. The predicted octanol–water partition coefficient (Wildman–Crippen LogP) is 3.43.